The Labute approximate surface area is 76.6 Å². The Bertz CT molecular complexity index is 377. The highest BCUT2D eigenvalue weighted by atomic mass is 16.5. The number of ether oxygens (including phenoxy) is 1. The lowest BCUT2D eigenvalue weighted by Gasteiger charge is -2.05. The molecule has 0 bridgehead atoms. The molecule has 3 nitrogen and oxygen atoms in total. The number of carbonyl (C=O) groups excluding carboxylic acids is 1. The van der Waals surface area contributed by atoms with E-state index in [1.807, 2.05) is 13.0 Å². The molecule has 0 fully saturated rings. The number of hydrogen-bond donors (Lipinski definition) is 0. The molecule has 0 spiro atoms. The zero-order valence-electron chi connectivity index (χ0n) is 7.50. The predicted molar refractivity (Wildman–Crippen MR) is 47.8 cm³/mol. The minimum absolute atomic E-state index is 0.345. The molecule has 0 radical (unpaired) electrons. The molecule has 13 heavy (non-hydrogen) atoms. The van der Waals surface area contributed by atoms with Gasteiger partial charge in [-0.05, 0) is 24.6 Å². The van der Waals surface area contributed by atoms with Crippen molar-refractivity contribution >= 4 is 6.29 Å². The first-order valence-electron chi connectivity index (χ1n) is 3.77. The third-order valence-corrected chi connectivity index (χ3v) is 1.81. The Morgan fingerprint density at radius 3 is 2.69 bits per heavy atom. The van der Waals surface area contributed by atoms with Gasteiger partial charge in [0, 0.05) is 5.56 Å². The van der Waals surface area contributed by atoms with Crippen molar-refractivity contribution in [3.63, 3.8) is 0 Å². The molecule has 0 amide bonds. The number of nitriles is 1. The van der Waals surface area contributed by atoms with Crippen LogP contribution in [0.5, 0.6) is 5.75 Å². The van der Waals surface area contributed by atoms with Crippen LogP contribution in [0, 0.1) is 18.3 Å². The van der Waals surface area contributed by atoms with Gasteiger partial charge >= 0.3 is 0 Å². The monoisotopic (exact) mass is 175 g/mol. The molecule has 0 N–H and O–H groups in total. The number of benzene rings is 1. The van der Waals surface area contributed by atoms with Crippen LogP contribution < -0.4 is 4.74 Å². The van der Waals surface area contributed by atoms with Crippen LogP contribution in [-0.2, 0) is 0 Å². The molecule has 1 aromatic carbocycles. The fourth-order valence-electron chi connectivity index (χ4n) is 1.12. The lowest BCUT2D eigenvalue weighted by atomic mass is 10.1. The van der Waals surface area contributed by atoms with E-state index in [-0.39, 0.29) is 0 Å². The smallest absolute Gasteiger partial charge is 0.151 e. The number of methoxy groups -OCH3 is 1. The van der Waals surface area contributed by atoms with E-state index in [2.05, 4.69) is 0 Å². The highest BCUT2D eigenvalue weighted by molar-refractivity contribution is 5.80. The van der Waals surface area contributed by atoms with Gasteiger partial charge in [-0.2, -0.15) is 5.26 Å². The van der Waals surface area contributed by atoms with E-state index in [1.165, 1.54) is 7.11 Å². The molecule has 0 saturated heterocycles. The van der Waals surface area contributed by atoms with E-state index in [1.54, 1.807) is 12.1 Å². The summed E-state index contributed by atoms with van der Waals surface area (Å²) in [6.07, 6.45) is 0.672. The molecule has 0 aliphatic heterocycles. The summed E-state index contributed by atoms with van der Waals surface area (Å²) in [7, 11) is 1.53. The van der Waals surface area contributed by atoms with Crippen LogP contribution in [-0.4, -0.2) is 13.4 Å². The van der Waals surface area contributed by atoms with E-state index < -0.39 is 0 Å². The average molecular weight is 175 g/mol. The van der Waals surface area contributed by atoms with Gasteiger partial charge < -0.3 is 4.74 Å². The maximum absolute atomic E-state index is 10.5. The highest BCUT2D eigenvalue weighted by Crippen LogP contribution is 2.21. The van der Waals surface area contributed by atoms with Crippen molar-refractivity contribution in [2.45, 2.75) is 6.92 Å². The summed E-state index contributed by atoms with van der Waals surface area (Å²) in [6.45, 7) is 1.83. The van der Waals surface area contributed by atoms with Crippen LogP contribution in [0.4, 0.5) is 0 Å². The first-order chi connectivity index (χ1) is 6.22. The largest absolute Gasteiger partial charge is 0.496 e. The van der Waals surface area contributed by atoms with E-state index in [0.29, 0.717) is 23.2 Å². The van der Waals surface area contributed by atoms with Crippen LogP contribution in [0.1, 0.15) is 21.5 Å². The molecular formula is C10H9NO2. The summed E-state index contributed by atoms with van der Waals surface area (Å²) in [4.78, 5) is 10.5. The summed E-state index contributed by atoms with van der Waals surface area (Å²) in [5.41, 5.74) is 1.60. The fraction of sp³-hybridized carbons (Fsp3) is 0.200. The van der Waals surface area contributed by atoms with Gasteiger partial charge in [0.05, 0.1) is 12.7 Å². The lowest BCUT2D eigenvalue weighted by Crippen LogP contribution is -1.93. The molecule has 0 aromatic heterocycles. The van der Waals surface area contributed by atoms with Crippen LogP contribution in [0.25, 0.3) is 0 Å². The Balaban J connectivity index is 3.36. The van der Waals surface area contributed by atoms with Crippen LogP contribution >= 0.6 is 0 Å². The van der Waals surface area contributed by atoms with Crippen molar-refractivity contribution in [3.05, 3.63) is 28.8 Å². The molecule has 1 rings (SSSR count). The summed E-state index contributed by atoms with van der Waals surface area (Å²) in [5.74, 6) is 0.627. The topological polar surface area (TPSA) is 50.1 Å². The first-order valence-corrected chi connectivity index (χ1v) is 3.77. The van der Waals surface area contributed by atoms with Gasteiger partial charge in [0.15, 0.2) is 6.29 Å². The van der Waals surface area contributed by atoms with Crippen molar-refractivity contribution in [3.8, 4) is 11.8 Å². The number of carbonyl (C=O) groups is 1. The molecule has 0 atom stereocenters. The second-order valence-electron chi connectivity index (χ2n) is 2.64. The first kappa shape index (κ1) is 9.27. The lowest BCUT2D eigenvalue weighted by molar-refractivity contribution is 0.112. The summed E-state index contributed by atoms with van der Waals surface area (Å²) < 4.78 is 5.02. The number of hydrogen-bond acceptors (Lipinski definition) is 3. The molecular weight excluding hydrogens is 166 g/mol. The predicted octanol–water partition coefficient (Wildman–Crippen LogP) is 1.69. The van der Waals surface area contributed by atoms with Gasteiger partial charge in [0.25, 0.3) is 0 Å². The number of rotatable bonds is 2. The molecule has 0 aliphatic carbocycles. The van der Waals surface area contributed by atoms with Crippen LogP contribution in [0.15, 0.2) is 12.1 Å². The average Bonchev–Trinajstić information content (AvgIpc) is 2.17. The highest BCUT2D eigenvalue weighted by Gasteiger charge is 2.06. The SMILES string of the molecule is COc1cc(C#N)c(C=O)cc1C. The van der Waals surface area contributed by atoms with Gasteiger partial charge in [-0.25, -0.2) is 0 Å². The second-order valence-corrected chi connectivity index (χ2v) is 2.64. The zero-order chi connectivity index (χ0) is 9.84. The van der Waals surface area contributed by atoms with E-state index in [0.717, 1.165) is 5.56 Å². The number of aryl methyl sites for hydroxylation is 1. The Morgan fingerprint density at radius 1 is 1.54 bits per heavy atom. The fourth-order valence-corrected chi connectivity index (χ4v) is 1.12. The second kappa shape index (κ2) is 3.72. The third kappa shape index (κ3) is 1.67. The van der Waals surface area contributed by atoms with Crippen molar-refractivity contribution in [1.29, 1.82) is 5.26 Å². The quantitative estimate of drug-likeness (QED) is 0.642. The van der Waals surface area contributed by atoms with Gasteiger partial charge in [-0.15, -0.1) is 0 Å². The third-order valence-electron chi connectivity index (χ3n) is 1.81. The molecule has 0 heterocycles. The number of aldehydes is 1. The summed E-state index contributed by atoms with van der Waals surface area (Å²) in [6, 6.07) is 5.15. The molecule has 0 unspecified atom stereocenters. The number of nitrogens with zero attached hydrogens (tertiary/aromatic N) is 1. The maximum Gasteiger partial charge on any atom is 0.151 e. The van der Waals surface area contributed by atoms with Gasteiger partial charge in [0.2, 0.25) is 0 Å². The molecule has 3 heteroatoms. The summed E-state index contributed by atoms with van der Waals surface area (Å²) >= 11 is 0. The minimum Gasteiger partial charge on any atom is -0.496 e. The minimum atomic E-state index is 0.345. The molecule has 1 aromatic rings. The van der Waals surface area contributed by atoms with Crippen molar-refractivity contribution in [1.82, 2.24) is 0 Å². The van der Waals surface area contributed by atoms with E-state index in [9.17, 15) is 4.79 Å². The molecule has 0 saturated carbocycles. The Kier molecular flexibility index (Phi) is 2.65. The van der Waals surface area contributed by atoms with Crippen molar-refractivity contribution < 1.29 is 9.53 Å². The summed E-state index contributed by atoms with van der Waals surface area (Å²) in [5, 5.41) is 8.70. The van der Waals surface area contributed by atoms with Crippen LogP contribution in [0.2, 0.25) is 0 Å². The standard InChI is InChI=1S/C10H9NO2/c1-7-3-9(6-12)8(5-11)4-10(7)13-2/h3-4,6H,1-2H3. The normalized spacial score (nSPS) is 9.00. The van der Waals surface area contributed by atoms with Gasteiger partial charge in [-0.3, -0.25) is 4.79 Å². The molecule has 66 valence electrons. The van der Waals surface area contributed by atoms with Crippen molar-refractivity contribution in [2.24, 2.45) is 0 Å². The van der Waals surface area contributed by atoms with Crippen molar-refractivity contribution in [2.75, 3.05) is 7.11 Å². The van der Waals surface area contributed by atoms with E-state index >= 15 is 0 Å². The Morgan fingerprint density at radius 2 is 2.23 bits per heavy atom. The zero-order valence-corrected chi connectivity index (χ0v) is 7.50. The van der Waals surface area contributed by atoms with E-state index in [4.69, 9.17) is 10.00 Å². The van der Waals surface area contributed by atoms with Crippen LogP contribution in [0.3, 0.4) is 0 Å². The molecule has 0 aliphatic rings. The maximum atomic E-state index is 10.5. The van der Waals surface area contributed by atoms with Gasteiger partial charge in [-0.1, -0.05) is 0 Å². The Hall–Kier alpha value is -1.82. The van der Waals surface area contributed by atoms with Gasteiger partial charge in [0.1, 0.15) is 11.8 Å².